The molecule has 4 N–H and O–H groups in total. The molecule has 1 unspecified atom stereocenters. The Morgan fingerprint density at radius 3 is 2.53 bits per heavy atom. The summed E-state index contributed by atoms with van der Waals surface area (Å²) in [6, 6.07) is 4.52. The maximum atomic E-state index is 12.6. The predicted molar refractivity (Wildman–Crippen MR) is 114 cm³/mol. The van der Waals surface area contributed by atoms with Gasteiger partial charge in [0, 0.05) is 36.6 Å². The first-order valence-electron chi connectivity index (χ1n) is 9.45. The Hall–Kier alpha value is -2.65. The lowest BCUT2D eigenvalue weighted by molar-refractivity contribution is -0.112. The van der Waals surface area contributed by atoms with Gasteiger partial charge in [-0.3, -0.25) is 25.4 Å². The van der Waals surface area contributed by atoms with Crippen LogP contribution in [-0.4, -0.2) is 65.2 Å². The van der Waals surface area contributed by atoms with Crippen LogP contribution in [0.1, 0.15) is 32.8 Å². The highest BCUT2D eigenvalue weighted by atomic mass is 35.5. The minimum Gasteiger partial charge on any atom is -0.496 e. The molecule has 1 aliphatic rings. The molecule has 2 rings (SSSR count). The number of nitrogens with one attached hydrogen (secondary N) is 2. The van der Waals surface area contributed by atoms with Crippen LogP contribution in [0.15, 0.2) is 18.2 Å². The molecular formula is C20H28ClN5O4. The quantitative estimate of drug-likeness (QED) is 0.588. The van der Waals surface area contributed by atoms with E-state index in [-0.39, 0.29) is 24.5 Å². The summed E-state index contributed by atoms with van der Waals surface area (Å²) in [6.45, 7) is 6.22. The Balaban J connectivity index is 2.30. The summed E-state index contributed by atoms with van der Waals surface area (Å²) in [6.07, 6.45) is -0.737. The molecule has 1 aromatic rings. The molecule has 0 radical (unpaired) electrons. The standard InChI is InChI=1S/C20H28ClN5O4/c1-20(2,3)30-19(28)26-8-7-25(15(17(26)23)10-14(22)18(24)27)11-12-9-13(21)5-6-16(12)29-4/h5-6,9,15,22-23H,7-8,10-11H2,1-4H3,(H2,24,27). The monoisotopic (exact) mass is 437 g/mol. The first-order valence-corrected chi connectivity index (χ1v) is 9.83. The van der Waals surface area contributed by atoms with Gasteiger partial charge in [-0.1, -0.05) is 11.6 Å². The molecule has 1 aromatic carbocycles. The van der Waals surface area contributed by atoms with Crippen LogP contribution in [0.3, 0.4) is 0 Å². The Kier molecular flexibility index (Phi) is 7.44. The fourth-order valence-electron chi connectivity index (χ4n) is 3.16. The fourth-order valence-corrected chi connectivity index (χ4v) is 3.36. The highest BCUT2D eigenvalue weighted by Gasteiger charge is 2.38. The minimum atomic E-state index is -0.863. The number of nitrogens with zero attached hydrogens (tertiary/aromatic N) is 2. The van der Waals surface area contributed by atoms with Crippen molar-refractivity contribution in [2.45, 2.75) is 45.4 Å². The van der Waals surface area contributed by atoms with Gasteiger partial charge in [-0.2, -0.15) is 0 Å². The van der Waals surface area contributed by atoms with Crippen molar-refractivity contribution >= 4 is 35.1 Å². The van der Waals surface area contributed by atoms with E-state index in [1.54, 1.807) is 46.1 Å². The maximum absolute atomic E-state index is 12.6. The molecule has 2 amide bonds. The van der Waals surface area contributed by atoms with Crippen molar-refractivity contribution in [3.63, 3.8) is 0 Å². The number of benzene rings is 1. The van der Waals surface area contributed by atoms with Crippen LogP contribution >= 0.6 is 11.6 Å². The minimum absolute atomic E-state index is 0.0532. The second-order valence-electron chi connectivity index (χ2n) is 8.01. The van der Waals surface area contributed by atoms with E-state index in [0.717, 1.165) is 5.56 Å². The van der Waals surface area contributed by atoms with E-state index >= 15 is 0 Å². The number of rotatable bonds is 6. The van der Waals surface area contributed by atoms with Crippen molar-refractivity contribution in [3.8, 4) is 5.75 Å². The molecule has 10 heteroatoms. The molecule has 1 fully saturated rings. The van der Waals surface area contributed by atoms with Crippen LogP contribution in [-0.2, 0) is 16.1 Å². The normalized spacial score (nSPS) is 17.6. The van der Waals surface area contributed by atoms with Gasteiger partial charge in [-0.15, -0.1) is 0 Å². The van der Waals surface area contributed by atoms with Crippen LogP contribution in [0, 0.1) is 10.8 Å². The predicted octanol–water partition coefficient (Wildman–Crippen LogP) is 2.64. The van der Waals surface area contributed by atoms with Gasteiger partial charge in [0.15, 0.2) is 0 Å². The first-order chi connectivity index (χ1) is 13.9. The lowest BCUT2D eigenvalue weighted by Gasteiger charge is -2.42. The second-order valence-corrected chi connectivity index (χ2v) is 8.44. The van der Waals surface area contributed by atoms with Gasteiger partial charge < -0.3 is 15.2 Å². The number of carbonyl (C=O) groups excluding carboxylic acids is 2. The van der Waals surface area contributed by atoms with Gasteiger partial charge in [0.05, 0.1) is 18.9 Å². The van der Waals surface area contributed by atoms with Gasteiger partial charge in [-0.25, -0.2) is 4.79 Å². The van der Waals surface area contributed by atoms with E-state index in [9.17, 15) is 9.59 Å². The van der Waals surface area contributed by atoms with E-state index in [4.69, 9.17) is 37.6 Å². The third kappa shape index (κ3) is 5.93. The van der Waals surface area contributed by atoms with Crippen molar-refractivity contribution in [3.05, 3.63) is 28.8 Å². The summed E-state index contributed by atoms with van der Waals surface area (Å²) in [5.41, 5.74) is 5.00. The fraction of sp³-hybridized carbons (Fsp3) is 0.500. The average molecular weight is 438 g/mol. The molecular weight excluding hydrogens is 410 g/mol. The van der Waals surface area contributed by atoms with E-state index in [2.05, 4.69) is 0 Å². The molecule has 1 heterocycles. The van der Waals surface area contributed by atoms with Gasteiger partial charge in [0.1, 0.15) is 17.2 Å². The molecule has 1 saturated heterocycles. The van der Waals surface area contributed by atoms with Crippen LogP contribution in [0.25, 0.3) is 0 Å². The number of methoxy groups -OCH3 is 1. The Morgan fingerprint density at radius 2 is 1.97 bits per heavy atom. The largest absolute Gasteiger partial charge is 0.496 e. The third-order valence-corrected chi connectivity index (χ3v) is 4.82. The molecule has 0 aliphatic carbocycles. The Morgan fingerprint density at radius 1 is 1.30 bits per heavy atom. The lowest BCUT2D eigenvalue weighted by atomic mass is 10.0. The number of piperazine rings is 1. The summed E-state index contributed by atoms with van der Waals surface area (Å²) in [7, 11) is 1.55. The van der Waals surface area contributed by atoms with Crippen molar-refractivity contribution in [1.82, 2.24) is 9.80 Å². The van der Waals surface area contributed by atoms with Gasteiger partial charge in [0.2, 0.25) is 0 Å². The van der Waals surface area contributed by atoms with Gasteiger partial charge >= 0.3 is 6.09 Å². The second kappa shape index (κ2) is 9.44. The number of ether oxygens (including phenoxy) is 2. The smallest absolute Gasteiger partial charge is 0.415 e. The zero-order valence-corrected chi connectivity index (χ0v) is 18.4. The molecule has 1 atom stereocenters. The number of hydrogen-bond acceptors (Lipinski definition) is 7. The highest BCUT2D eigenvalue weighted by Crippen LogP contribution is 2.27. The van der Waals surface area contributed by atoms with Crippen LogP contribution in [0.2, 0.25) is 5.02 Å². The van der Waals surface area contributed by atoms with E-state index in [0.29, 0.717) is 23.9 Å². The van der Waals surface area contributed by atoms with Crippen LogP contribution in [0.4, 0.5) is 4.79 Å². The lowest BCUT2D eigenvalue weighted by Crippen LogP contribution is -2.59. The van der Waals surface area contributed by atoms with E-state index < -0.39 is 23.6 Å². The molecule has 0 aromatic heterocycles. The number of hydrogen-bond donors (Lipinski definition) is 3. The number of amides is 2. The van der Waals surface area contributed by atoms with Crippen molar-refractivity contribution < 1.29 is 19.1 Å². The zero-order valence-electron chi connectivity index (χ0n) is 17.6. The number of halogens is 1. The molecule has 30 heavy (non-hydrogen) atoms. The number of amidine groups is 1. The zero-order chi connectivity index (χ0) is 22.6. The Bertz CT molecular complexity index is 852. The molecule has 0 saturated carbocycles. The maximum Gasteiger partial charge on any atom is 0.415 e. The summed E-state index contributed by atoms with van der Waals surface area (Å²) in [4.78, 5) is 27.1. The van der Waals surface area contributed by atoms with Crippen LogP contribution in [0.5, 0.6) is 5.75 Å². The van der Waals surface area contributed by atoms with Crippen molar-refractivity contribution in [2.24, 2.45) is 5.73 Å². The van der Waals surface area contributed by atoms with Crippen LogP contribution < -0.4 is 10.5 Å². The third-order valence-electron chi connectivity index (χ3n) is 4.58. The highest BCUT2D eigenvalue weighted by molar-refractivity contribution is 6.37. The molecule has 1 aliphatic heterocycles. The number of carbonyl (C=O) groups is 2. The van der Waals surface area contributed by atoms with E-state index in [1.807, 2.05) is 4.90 Å². The van der Waals surface area contributed by atoms with E-state index in [1.165, 1.54) is 4.90 Å². The number of nitrogens with two attached hydrogens (primary N) is 1. The summed E-state index contributed by atoms with van der Waals surface area (Å²) < 4.78 is 10.8. The molecule has 0 spiro atoms. The molecule has 164 valence electrons. The summed E-state index contributed by atoms with van der Waals surface area (Å²) in [5.74, 6) is -0.288. The SMILES string of the molecule is COc1ccc(Cl)cc1CN1CCN(C(=O)OC(C)(C)C)C(=N)C1CC(=N)C(N)=O. The van der Waals surface area contributed by atoms with Crippen molar-refractivity contribution in [1.29, 1.82) is 10.8 Å². The average Bonchev–Trinajstić information content (AvgIpc) is 2.63. The summed E-state index contributed by atoms with van der Waals surface area (Å²) in [5, 5.41) is 17.0. The van der Waals surface area contributed by atoms with Crippen molar-refractivity contribution in [2.75, 3.05) is 20.2 Å². The van der Waals surface area contributed by atoms with Gasteiger partial charge in [0.25, 0.3) is 5.91 Å². The summed E-state index contributed by atoms with van der Waals surface area (Å²) >= 11 is 6.13. The Labute approximate surface area is 181 Å². The van der Waals surface area contributed by atoms with Gasteiger partial charge in [-0.05, 0) is 39.0 Å². The molecule has 9 nitrogen and oxygen atoms in total. The topological polar surface area (TPSA) is 133 Å². The first kappa shape index (κ1) is 23.6. The molecule has 0 bridgehead atoms. The number of primary amides is 1.